The number of aliphatic imine (C=N–C) groups is 1. The van der Waals surface area contributed by atoms with Crippen molar-refractivity contribution in [1.29, 1.82) is 0 Å². The second kappa shape index (κ2) is 16.6. The third-order valence-corrected chi connectivity index (χ3v) is 5.09. The van der Waals surface area contributed by atoms with E-state index in [2.05, 4.69) is 24.1 Å². The van der Waals surface area contributed by atoms with Gasteiger partial charge in [0.1, 0.15) is 6.23 Å². The Morgan fingerprint density at radius 3 is 1.96 bits per heavy atom. The van der Waals surface area contributed by atoms with E-state index in [1.54, 1.807) is 6.34 Å². The van der Waals surface area contributed by atoms with Gasteiger partial charge in [0, 0.05) is 13.0 Å². The van der Waals surface area contributed by atoms with E-state index >= 15 is 0 Å². The Labute approximate surface area is 156 Å². The fourth-order valence-corrected chi connectivity index (χ4v) is 3.37. The number of hydrogen-bond acceptors (Lipinski definition) is 3. The normalized spacial score (nSPS) is 15.5. The highest BCUT2D eigenvalue weighted by atomic mass is 16.3. The van der Waals surface area contributed by atoms with E-state index in [4.69, 9.17) is 0 Å². The van der Waals surface area contributed by atoms with Crippen LogP contribution in [0.2, 0.25) is 0 Å². The van der Waals surface area contributed by atoms with Crippen LogP contribution in [0.5, 0.6) is 0 Å². The summed E-state index contributed by atoms with van der Waals surface area (Å²) in [6.45, 7) is 3.96. The molecule has 0 bridgehead atoms. The Hall–Kier alpha value is -0.830. The molecule has 1 aliphatic rings. The van der Waals surface area contributed by atoms with Crippen LogP contribution in [0.4, 0.5) is 0 Å². The molecule has 0 spiro atoms. The van der Waals surface area contributed by atoms with Crippen LogP contribution in [-0.2, 0) is 0 Å². The summed E-state index contributed by atoms with van der Waals surface area (Å²) in [7, 11) is 0. The lowest BCUT2D eigenvalue weighted by atomic mass is 10.0. The third-order valence-electron chi connectivity index (χ3n) is 5.09. The molecule has 0 amide bonds. The van der Waals surface area contributed by atoms with Crippen molar-refractivity contribution in [2.24, 2.45) is 4.99 Å². The van der Waals surface area contributed by atoms with E-state index in [1.165, 1.54) is 83.5 Å². The smallest absolute Gasteiger partial charge is 0.131 e. The SMILES string of the molecule is CCCCCCCCCCCCCCCC=CCC(O)N1C=NCC1. The summed E-state index contributed by atoms with van der Waals surface area (Å²) in [4.78, 5) is 6.04. The highest BCUT2D eigenvalue weighted by Gasteiger charge is 2.12. The Morgan fingerprint density at radius 1 is 0.880 bits per heavy atom. The van der Waals surface area contributed by atoms with Gasteiger partial charge in [0.2, 0.25) is 0 Å². The quantitative estimate of drug-likeness (QED) is 0.255. The number of aliphatic hydroxyl groups excluding tert-OH is 1. The van der Waals surface area contributed by atoms with Crippen molar-refractivity contribution in [3.63, 3.8) is 0 Å². The number of hydrogen-bond donors (Lipinski definition) is 1. The monoisotopic (exact) mass is 350 g/mol. The van der Waals surface area contributed by atoms with Crippen molar-refractivity contribution in [1.82, 2.24) is 4.90 Å². The van der Waals surface area contributed by atoms with E-state index < -0.39 is 6.23 Å². The summed E-state index contributed by atoms with van der Waals surface area (Å²) in [5, 5.41) is 9.95. The number of allylic oxidation sites excluding steroid dienone is 1. The van der Waals surface area contributed by atoms with Crippen molar-refractivity contribution in [2.45, 2.75) is 109 Å². The van der Waals surface area contributed by atoms with Gasteiger partial charge in [-0.2, -0.15) is 0 Å². The molecule has 0 aliphatic carbocycles. The number of nitrogens with zero attached hydrogens (tertiary/aromatic N) is 2. The van der Waals surface area contributed by atoms with E-state index in [0.29, 0.717) is 6.42 Å². The molecule has 1 heterocycles. The highest BCUT2D eigenvalue weighted by Crippen LogP contribution is 2.13. The first-order valence-electron chi connectivity index (χ1n) is 10.9. The van der Waals surface area contributed by atoms with Crippen molar-refractivity contribution in [2.75, 3.05) is 13.1 Å². The number of unbranched alkanes of at least 4 members (excludes halogenated alkanes) is 13. The molecule has 1 N–H and O–H groups in total. The highest BCUT2D eigenvalue weighted by molar-refractivity contribution is 5.57. The minimum Gasteiger partial charge on any atom is -0.373 e. The fourth-order valence-electron chi connectivity index (χ4n) is 3.37. The van der Waals surface area contributed by atoms with Crippen LogP contribution in [-0.4, -0.2) is 35.7 Å². The van der Waals surface area contributed by atoms with Gasteiger partial charge in [-0.3, -0.25) is 4.99 Å². The minimum atomic E-state index is -0.394. The zero-order chi connectivity index (χ0) is 18.0. The van der Waals surface area contributed by atoms with E-state index in [9.17, 15) is 5.11 Å². The standard InChI is InChI=1S/C22H42N2O/c1-2-3-4-5-6-7-8-9-10-11-12-13-14-15-16-17-18-22(25)24-20-19-23-21-24/h16-17,21-22,25H,2-15,18-20H2,1H3. The zero-order valence-electron chi connectivity index (χ0n) is 16.7. The van der Waals surface area contributed by atoms with Crippen LogP contribution in [0.25, 0.3) is 0 Å². The minimum absolute atomic E-state index is 0.394. The maximum atomic E-state index is 9.95. The van der Waals surface area contributed by atoms with E-state index in [0.717, 1.165) is 19.5 Å². The summed E-state index contributed by atoms with van der Waals surface area (Å²) < 4.78 is 0. The van der Waals surface area contributed by atoms with Crippen molar-refractivity contribution < 1.29 is 5.11 Å². The predicted octanol–water partition coefficient (Wildman–Crippen LogP) is 6.08. The van der Waals surface area contributed by atoms with Crippen LogP contribution < -0.4 is 0 Å². The Balaban J connectivity index is 1.75. The van der Waals surface area contributed by atoms with E-state index in [1.807, 2.05) is 4.90 Å². The molecule has 0 aromatic rings. The maximum absolute atomic E-state index is 9.95. The second-order valence-corrected chi connectivity index (χ2v) is 7.48. The van der Waals surface area contributed by atoms with Crippen LogP contribution in [0, 0.1) is 0 Å². The van der Waals surface area contributed by atoms with Gasteiger partial charge in [0.25, 0.3) is 0 Å². The summed E-state index contributed by atoms with van der Waals surface area (Å²) in [6.07, 6.45) is 25.9. The van der Waals surface area contributed by atoms with Crippen LogP contribution in [0.1, 0.15) is 103 Å². The largest absolute Gasteiger partial charge is 0.373 e. The topological polar surface area (TPSA) is 35.8 Å². The molecule has 25 heavy (non-hydrogen) atoms. The first-order chi connectivity index (χ1) is 12.3. The van der Waals surface area contributed by atoms with Gasteiger partial charge in [-0.05, 0) is 12.8 Å². The number of rotatable bonds is 17. The molecular formula is C22H42N2O. The number of aliphatic hydroxyl groups is 1. The molecule has 0 saturated carbocycles. The van der Waals surface area contributed by atoms with Gasteiger partial charge in [0.05, 0.1) is 12.9 Å². The average Bonchev–Trinajstić information content (AvgIpc) is 3.16. The van der Waals surface area contributed by atoms with Crippen LogP contribution in [0.15, 0.2) is 17.1 Å². The van der Waals surface area contributed by atoms with Crippen LogP contribution in [0.3, 0.4) is 0 Å². The zero-order valence-corrected chi connectivity index (χ0v) is 16.7. The van der Waals surface area contributed by atoms with Gasteiger partial charge < -0.3 is 10.0 Å². The first kappa shape index (κ1) is 22.2. The molecule has 3 heteroatoms. The van der Waals surface area contributed by atoms with Crippen molar-refractivity contribution >= 4 is 6.34 Å². The molecule has 1 unspecified atom stereocenters. The average molecular weight is 351 g/mol. The third kappa shape index (κ3) is 13.1. The molecule has 1 rings (SSSR count). The molecule has 1 aliphatic heterocycles. The first-order valence-corrected chi connectivity index (χ1v) is 10.9. The Morgan fingerprint density at radius 2 is 1.44 bits per heavy atom. The molecule has 3 nitrogen and oxygen atoms in total. The Kier molecular flexibility index (Phi) is 14.8. The molecule has 0 radical (unpaired) electrons. The van der Waals surface area contributed by atoms with Gasteiger partial charge in [-0.25, -0.2) is 0 Å². The molecule has 146 valence electrons. The van der Waals surface area contributed by atoms with Gasteiger partial charge in [-0.1, -0.05) is 96.1 Å². The summed E-state index contributed by atoms with van der Waals surface area (Å²) in [6, 6.07) is 0. The lowest BCUT2D eigenvalue weighted by Gasteiger charge is -2.19. The maximum Gasteiger partial charge on any atom is 0.131 e. The Bertz CT molecular complexity index is 341. The lowest BCUT2D eigenvalue weighted by molar-refractivity contribution is 0.0664. The van der Waals surface area contributed by atoms with Gasteiger partial charge >= 0.3 is 0 Å². The molecule has 0 saturated heterocycles. The molecular weight excluding hydrogens is 308 g/mol. The van der Waals surface area contributed by atoms with E-state index in [-0.39, 0.29) is 0 Å². The predicted molar refractivity (Wildman–Crippen MR) is 110 cm³/mol. The fraction of sp³-hybridized carbons (Fsp3) is 0.864. The van der Waals surface area contributed by atoms with Gasteiger partial charge in [-0.15, -0.1) is 0 Å². The van der Waals surface area contributed by atoms with Crippen LogP contribution >= 0.6 is 0 Å². The molecule has 0 aromatic carbocycles. The van der Waals surface area contributed by atoms with Crippen molar-refractivity contribution in [3.8, 4) is 0 Å². The van der Waals surface area contributed by atoms with Crippen molar-refractivity contribution in [3.05, 3.63) is 12.2 Å². The molecule has 0 fully saturated rings. The molecule has 1 atom stereocenters. The second-order valence-electron chi connectivity index (χ2n) is 7.48. The van der Waals surface area contributed by atoms with Gasteiger partial charge in [0.15, 0.2) is 0 Å². The molecule has 0 aromatic heterocycles. The lowest BCUT2D eigenvalue weighted by Crippen LogP contribution is -2.31. The summed E-state index contributed by atoms with van der Waals surface area (Å²) in [5.74, 6) is 0. The summed E-state index contributed by atoms with van der Waals surface area (Å²) in [5.41, 5.74) is 0. The summed E-state index contributed by atoms with van der Waals surface area (Å²) >= 11 is 0.